The third kappa shape index (κ3) is 4.27. The van der Waals surface area contributed by atoms with E-state index in [2.05, 4.69) is 25.7 Å². The van der Waals surface area contributed by atoms with E-state index < -0.39 is 0 Å². The van der Waals surface area contributed by atoms with Gasteiger partial charge in [-0.3, -0.25) is 14.3 Å². The topological polar surface area (TPSA) is 101 Å². The van der Waals surface area contributed by atoms with Crippen molar-refractivity contribution in [3.8, 4) is 22.4 Å². The van der Waals surface area contributed by atoms with E-state index in [0.717, 1.165) is 39.4 Å². The number of carbonyl (C=O) groups excluding carboxylic acids is 1. The van der Waals surface area contributed by atoms with Crippen molar-refractivity contribution in [2.45, 2.75) is 32.6 Å². The highest BCUT2D eigenvalue weighted by atomic mass is 16.5. The van der Waals surface area contributed by atoms with Gasteiger partial charge in [0.15, 0.2) is 5.82 Å². The molecular weight excluding hydrogens is 416 g/mol. The summed E-state index contributed by atoms with van der Waals surface area (Å²) in [4.78, 5) is 17.0. The molecule has 8 nitrogen and oxygen atoms in total. The molecule has 0 bridgehead atoms. The molecule has 0 atom stereocenters. The van der Waals surface area contributed by atoms with Crippen LogP contribution in [0.25, 0.3) is 28.0 Å². The first-order chi connectivity index (χ1) is 15.9. The van der Waals surface area contributed by atoms with E-state index in [1.54, 1.807) is 12.3 Å². The van der Waals surface area contributed by atoms with Crippen LogP contribution in [-0.4, -0.2) is 30.6 Å². The number of aromatic nitrogens is 5. The van der Waals surface area contributed by atoms with E-state index in [-0.39, 0.29) is 17.7 Å². The van der Waals surface area contributed by atoms with Gasteiger partial charge < -0.3 is 9.84 Å². The molecule has 5 rings (SSSR count). The summed E-state index contributed by atoms with van der Waals surface area (Å²) in [5.74, 6) is 1.02. The first-order valence-corrected chi connectivity index (χ1v) is 10.7. The summed E-state index contributed by atoms with van der Waals surface area (Å²) in [6.07, 6.45) is 7.76. The quantitative estimate of drug-likeness (QED) is 0.406. The van der Waals surface area contributed by atoms with Crippen LogP contribution in [-0.2, 0) is 16.6 Å². The van der Waals surface area contributed by atoms with E-state index in [9.17, 15) is 4.79 Å². The van der Waals surface area contributed by atoms with Gasteiger partial charge >= 0.3 is 0 Å². The van der Waals surface area contributed by atoms with Crippen LogP contribution >= 0.6 is 0 Å². The van der Waals surface area contributed by atoms with Crippen molar-refractivity contribution in [3.05, 3.63) is 78.6 Å². The molecule has 0 saturated carbocycles. The van der Waals surface area contributed by atoms with Crippen LogP contribution in [0.4, 0.5) is 5.82 Å². The smallest absolute Gasteiger partial charge is 0.230 e. The van der Waals surface area contributed by atoms with Gasteiger partial charge in [0.2, 0.25) is 5.91 Å². The second-order valence-electron chi connectivity index (χ2n) is 9.02. The van der Waals surface area contributed by atoms with Crippen molar-refractivity contribution in [2.75, 3.05) is 5.32 Å². The number of carbonyl (C=O) groups is 1. The zero-order chi connectivity index (χ0) is 23.0. The number of H-pyrrole nitrogens is 1. The monoisotopic (exact) mass is 440 g/mol. The highest BCUT2D eigenvalue weighted by molar-refractivity contribution is 5.91. The van der Waals surface area contributed by atoms with Crippen LogP contribution < -0.4 is 5.32 Å². The molecule has 166 valence electrons. The number of amides is 1. The second kappa shape index (κ2) is 8.05. The fourth-order valence-corrected chi connectivity index (χ4v) is 3.64. The maximum Gasteiger partial charge on any atom is 0.230 e. The molecule has 8 heteroatoms. The van der Waals surface area contributed by atoms with Crippen LogP contribution in [0.15, 0.2) is 71.8 Å². The average Bonchev–Trinajstić information content (AvgIpc) is 3.54. The van der Waals surface area contributed by atoms with Gasteiger partial charge in [0.05, 0.1) is 24.5 Å². The predicted molar refractivity (Wildman–Crippen MR) is 126 cm³/mol. The van der Waals surface area contributed by atoms with Gasteiger partial charge in [0.25, 0.3) is 0 Å². The molecule has 0 unspecified atom stereocenters. The fourth-order valence-electron chi connectivity index (χ4n) is 3.64. The second-order valence-corrected chi connectivity index (χ2v) is 9.02. The van der Waals surface area contributed by atoms with Crippen molar-refractivity contribution < 1.29 is 9.32 Å². The summed E-state index contributed by atoms with van der Waals surface area (Å²) in [5.41, 5.74) is 5.68. The summed E-state index contributed by atoms with van der Waals surface area (Å²) >= 11 is 0. The molecule has 4 aromatic heterocycles. The van der Waals surface area contributed by atoms with Crippen molar-refractivity contribution in [3.63, 3.8) is 0 Å². The minimum Gasteiger partial charge on any atom is -0.359 e. The Balaban J connectivity index is 1.29. The van der Waals surface area contributed by atoms with Gasteiger partial charge in [-0.1, -0.05) is 50.2 Å². The molecule has 0 aliphatic rings. The fraction of sp³-hybridized carbons (Fsp3) is 0.200. The molecule has 0 saturated heterocycles. The highest BCUT2D eigenvalue weighted by Crippen LogP contribution is 2.26. The number of hydrogen-bond donors (Lipinski definition) is 2. The van der Waals surface area contributed by atoms with Crippen LogP contribution in [0.5, 0.6) is 0 Å². The van der Waals surface area contributed by atoms with Crippen LogP contribution in [0.2, 0.25) is 0 Å². The van der Waals surface area contributed by atoms with Crippen LogP contribution in [0.3, 0.4) is 0 Å². The summed E-state index contributed by atoms with van der Waals surface area (Å²) in [6.45, 7) is 6.09. The van der Waals surface area contributed by atoms with Gasteiger partial charge in [0.1, 0.15) is 11.4 Å². The van der Waals surface area contributed by atoms with Crippen molar-refractivity contribution in [2.24, 2.45) is 0 Å². The molecule has 1 aromatic carbocycles. The Labute approximate surface area is 190 Å². The maximum absolute atomic E-state index is 12.4. The third-order valence-electron chi connectivity index (χ3n) is 5.48. The summed E-state index contributed by atoms with van der Waals surface area (Å²) < 4.78 is 7.37. The maximum atomic E-state index is 12.4. The SMILES string of the molecule is CC(C)(C)c1cc(NC(=O)Cc2ccc(-c3cnc4cc(-c5cn[nH]c5)ccn34)cc2)no1. The van der Waals surface area contributed by atoms with E-state index in [4.69, 9.17) is 4.52 Å². The van der Waals surface area contributed by atoms with Gasteiger partial charge in [-0.05, 0) is 23.3 Å². The van der Waals surface area contributed by atoms with E-state index in [1.807, 2.05) is 80.2 Å². The highest BCUT2D eigenvalue weighted by Gasteiger charge is 2.20. The van der Waals surface area contributed by atoms with Gasteiger partial charge in [-0.2, -0.15) is 5.10 Å². The first-order valence-electron chi connectivity index (χ1n) is 10.7. The molecule has 0 spiro atoms. The van der Waals surface area contributed by atoms with Gasteiger partial charge in [-0.25, -0.2) is 4.98 Å². The Kier molecular flexibility index (Phi) is 5.05. The summed E-state index contributed by atoms with van der Waals surface area (Å²) in [7, 11) is 0. The number of fused-ring (bicyclic) bond motifs is 1. The normalized spacial score (nSPS) is 11.7. The first kappa shape index (κ1) is 20.7. The number of benzene rings is 1. The minimum absolute atomic E-state index is 0.141. The summed E-state index contributed by atoms with van der Waals surface area (Å²) in [6, 6.07) is 13.8. The molecule has 1 amide bonds. The zero-order valence-electron chi connectivity index (χ0n) is 18.7. The molecule has 0 aliphatic carbocycles. The number of aromatic amines is 1. The minimum atomic E-state index is -0.162. The lowest BCUT2D eigenvalue weighted by Gasteiger charge is -2.12. The largest absolute Gasteiger partial charge is 0.359 e. The number of pyridine rings is 1. The Morgan fingerprint density at radius 3 is 2.58 bits per heavy atom. The number of nitrogens with zero attached hydrogens (tertiary/aromatic N) is 4. The number of hydrogen-bond acceptors (Lipinski definition) is 5. The predicted octanol–water partition coefficient (Wildman–Crippen LogP) is 4.86. The number of imidazole rings is 1. The summed E-state index contributed by atoms with van der Waals surface area (Å²) in [5, 5.41) is 13.6. The van der Waals surface area contributed by atoms with E-state index in [1.165, 1.54) is 0 Å². The molecule has 2 N–H and O–H groups in total. The lowest BCUT2D eigenvalue weighted by molar-refractivity contribution is -0.115. The molecule has 33 heavy (non-hydrogen) atoms. The van der Waals surface area contributed by atoms with Crippen LogP contribution in [0.1, 0.15) is 32.1 Å². The lowest BCUT2D eigenvalue weighted by atomic mass is 9.93. The molecule has 4 heterocycles. The zero-order valence-corrected chi connectivity index (χ0v) is 18.7. The molecule has 0 radical (unpaired) electrons. The van der Waals surface area contributed by atoms with E-state index in [0.29, 0.717) is 5.82 Å². The Bertz CT molecular complexity index is 1410. The third-order valence-corrected chi connectivity index (χ3v) is 5.48. The van der Waals surface area contributed by atoms with Crippen molar-refractivity contribution in [1.29, 1.82) is 0 Å². The number of anilines is 1. The van der Waals surface area contributed by atoms with Gasteiger partial charge in [0, 0.05) is 35.0 Å². The molecule has 0 fully saturated rings. The lowest BCUT2D eigenvalue weighted by Crippen LogP contribution is -2.14. The standard InChI is InChI=1S/C25H24N6O2/c1-25(2,3)21-12-22(30-33-21)29-24(32)10-16-4-6-17(7-5-16)20-15-26-23-11-18(8-9-31(20)23)19-13-27-28-14-19/h4-9,11-15H,10H2,1-3H3,(H,27,28)(H,29,30,32). The van der Waals surface area contributed by atoms with Crippen LogP contribution in [0, 0.1) is 0 Å². The molecule has 5 aromatic rings. The average molecular weight is 441 g/mol. The van der Waals surface area contributed by atoms with Crippen molar-refractivity contribution in [1.82, 2.24) is 24.7 Å². The Morgan fingerprint density at radius 2 is 1.88 bits per heavy atom. The van der Waals surface area contributed by atoms with Gasteiger partial charge in [-0.15, -0.1) is 0 Å². The molecule has 0 aliphatic heterocycles. The Morgan fingerprint density at radius 1 is 1.06 bits per heavy atom. The molecular formula is C25H24N6O2. The van der Waals surface area contributed by atoms with E-state index >= 15 is 0 Å². The number of rotatable bonds is 5. The van der Waals surface area contributed by atoms with Crippen molar-refractivity contribution >= 4 is 17.4 Å². The Hall–Kier alpha value is -4.20. The number of nitrogens with one attached hydrogen (secondary N) is 2.